The highest BCUT2D eigenvalue weighted by Crippen LogP contribution is 2.32. The maximum Gasteiger partial charge on any atom is 0.319 e. The minimum atomic E-state index is -0.272. The normalized spacial score (nSPS) is 12.3. The predicted molar refractivity (Wildman–Crippen MR) is 83.6 cm³/mol. The van der Waals surface area contributed by atoms with Gasteiger partial charge in [-0.1, -0.05) is 6.07 Å². The lowest BCUT2D eigenvalue weighted by Gasteiger charge is -2.08. The zero-order chi connectivity index (χ0) is 15.6. The molecule has 0 spiro atoms. The van der Waals surface area contributed by atoms with Gasteiger partial charge < -0.3 is 20.1 Å². The van der Waals surface area contributed by atoms with E-state index in [1.807, 2.05) is 30.3 Å². The number of benzene rings is 1. The van der Waals surface area contributed by atoms with Crippen molar-refractivity contribution in [1.29, 1.82) is 0 Å². The molecule has 0 unspecified atom stereocenters. The first kappa shape index (κ1) is 13.4. The van der Waals surface area contributed by atoms with E-state index in [9.17, 15) is 4.79 Å². The third kappa shape index (κ3) is 2.76. The molecule has 0 radical (unpaired) electrons. The molecule has 7 heteroatoms. The van der Waals surface area contributed by atoms with E-state index in [0.29, 0.717) is 18.0 Å². The summed E-state index contributed by atoms with van der Waals surface area (Å²) in [4.78, 5) is 12.0. The fourth-order valence-corrected chi connectivity index (χ4v) is 2.41. The SMILES string of the molecule is O=C(NCc1ccc2c(c1)OCO2)Nc1ccn2nccc2c1. The van der Waals surface area contributed by atoms with E-state index in [1.54, 1.807) is 23.0 Å². The van der Waals surface area contributed by atoms with Gasteiger partial charge in [0.05, 0.1) is 5.52 Å². The van der Waals surface area contributed by atoms with Crippen LogP contribution in [0.25, 0.3) is 5.52 Å². The van der Waals surface area contributed by atoms with Crippen LogP contribution in [0, 0.1) is 0 Å². The van der Waals surface area contributed by atoms with Gasteiger partial charge in [-0.15, -0.1) is 0 Å². The van der Waals surface area contributed by atoms with Crippen LogP contribution in [0.3, 0.4) is 0 Å². The van der Waals surface area contributed by atoms with Gasteiger partial charge in [-0.25, -0.2) is 9.31 Å². The smallest absolute Gasteiger partial charge is 0.319 e. The van der Waals surface area contributed by atoms with Crippen molar-refractivity contribution in [3.8, 4) is 11.5 Å². The van der Waals surface area contributed by atoms with Crippen LogP contribution in [0.2, 0.25) is 0 Å². The highest BCUT2D eigenvalue weighted by atomic mass is 16.7. The summed E-state index contributed by atoms with van der Waals surface area (Å²) >= 11 is 0. The van der Waals surface area contributed by atoms with Gasteiger partial charge in [0.15, 0.2) is 11.5 Å². The monoisotopic (exact) mass is 310 g/mol. The van der Waals surface area contributed by atoms with Crippen LogP contribution >= 0.6 is 0 Å². The Labute approximate surface area is 131 Å². The van der Waals surface area contributed by atoms with Crippen molar-refractivity contribution in [3.05, 3.63) is 54.4 Å². The summed E-state index contributed by atoms with van der Waals surface area (Å²) in [5.41, 5.74) is 2.57. The molecule has 4 rings (SSSR count). The zero-order valence-electron chi connectivity index (χ0n) is 12.2. The molecule has 3 heterocycles. The number of rotatable bonds is 3. The van der Waals surface area contributed by atoms with Crippen LogP contribution < -0.4 is 20.1 Å². The number of carbonyl (C=O) groups excluding carboxylic acids is 1. The van der Waals surface area contributed by atoms with E-state index < -0.39 is 0 Å². The predicted octanol–water partition coefficient (Wildman–Crippen LogP) is 2.38. The molecule has 0 fully saturated rings. The fourth-order valence-electron chi connectivity index (χ4n) is 2.41. The first-order valence-electron chi connectivity index (χ1n) is 7.15. The van der Waals surface area contributed by atoms with Gasteiger partial charge in [-0.05, 0) is 35.9 Å². The number of hydrogen-bond donors (Lipinski definition) is 2. The number of urea groups is 1. The van der Waals surface area contributed by atoms with E-state index in [4.69, 9.17) is 9.47 Å². The standard InChI is InChI=1S/C16H14N4O3/c21-16(19-12-4-6-20-13(8-12)3-5-18-20)17-9-11-1-2-14-15(7-11)23-10-22-14/h1-8H,9-10H2,(H2,17,19,21). The van der Waals surface area contributed by atoms with Gasteiger partial charge in [0.25, 0.3) is 0 Å². The summed E-state index contributed by atoms with van der Waals surface area (Å²) in [5.74, 6) is 1.43. The maximum absolute atomic E-state index is 12.0. The average molecular weight is 310 g/mol. The highest BCUT2D eigenvalue weighted by Gasteiger charge is 2.13. The fraction of sp³-hybridized carbons (Fsp3) is 0.125. The number of fused-ring (bicyclic) bond motifs is 2. The van der Waals surface area contributed by atoms with E-state index in [-0.39, 0.29) is 12.8 Å². The Morgan fingerprint density at radius 2 is 2.09 bits per heavy atom. The van der Waals surface area contributed by atoms with Crippen LogP contribution in [0.4, 0.5) is 10.5 Å². The number of anilines is 1. The molecule has 23 heavy (non-hydrogen) atoms. The third-order valence-corrected chi connectivity index (χ3v) is 3.55. The summed E-state index contributed by atoms with van der Waals surface area (Å²) < 4.78 is 12.3. The van der Waals surface area contributed by atoms with E-state index >= 15 is 0 Å². The summed E-state index contributed by atoms with van der Waals surface area (Å²) in [5, 5.41) is 9.72. The summed E-state index contributed by atoms with van der Waals surface area (Å²) in [7, 11) is 0. The lowest BCUT2D eigenvalue weighted by molar-refractivity contribution is 0.174. The number of nitrogens with zero attached hydrogens (tertiary/aromatic N) is 2. The molecule has 0 atom stereocenters. The van der Waals surface area contributed by atoms with Crippen molar-refractivity contribution in [3.63, 3.8) is 0 Å². The Hall–Kier alpha value is -3.22. The van der Waals surface area contributed by atoms with Gasteiger partial charge in [-0.3, -0.25) is 0 Å². The van der Waals surface area contributed by atoms with Crippen molar-refractivity contribution in [2.45, 2.75) is 6.54 Å². The van der Waals surface area contributed by atoms with Crippen LogP contribution in [0.1, 0.15) is 5.56 Å². The largest absolute Gasteiger partial charge is 0.454 e. The summed E-state index contributed by atoms with van der Waals surface area (Å²) in [6.07, 6.45) is 3.50. The Morgan fingerprint density at radius 1 is 1.17 bits per heavy atom. The molecule has 7 nitrogen and oxygen atoms in total. The highest BCUT2D eigenvalue weighted by molar-refractivity contribution is 5.89. The number of amides is 2. The molecule has 2 amide bonds. The molecule has 116 valence electrons. The minimum absolute atomic E-state index is 0.240. The van der Waals surface area contributed by atoms with Gasteiger partial charge in [-0.2, -0.15) is 5.10 Å². The lowest BCUT2D eigenvalue weighted by atomic mass is 10.2. The molecule has 1 aliphatic rings. The molecular weight excluding hydrogens is 296 g/mol. The van der Waals surface area contributed by atoms with Crippen molar-refractivity contribution < 1.29 is 14.3 Å². The second-order valence-electron chi connectivity index (χ2n) is 5.11. The number of hydrogen-bond acceptors (Lipinski definition) is 4. The number of aromatic nitrogens is 2. The first-order valence-corrected chi connectivity index (χ1v) is 7.15. The van der Waals surface area contributed by atoms with Crippen molar-refractivity contribution in [1.82, 2.24) is 14.9 Å². The van der Waals surface area contributed by atoms with Crippen LogP contribution in [0.15, 0.2) is 48.8 Å². The summed E-state index contributed by atoms with van der Waals surface area (Å²) in [6.45, 7) is 0.640. The first-order chi connectivity index (χ1) is 11.3. The molecule has 0 bridgehead atoms. The van der Waals surface area contributed by atoms with Crippen molar-refractivity contribution in [2.24, 2.45) is 0 Å². The Morgan fingerprint density at radius 3 is 3.04 bits per heavy atom. The molecule has 2 N–H and O–H groups in total. The second kappa shape index (κ2) is 5.53. The number of pyridine rings is 1. The van der Waals surface area contributed by atoms with Gasteiger partial charge >= 0.3 is 6.03 Å². The molecule has 2 aromatic heterocycles. The molecule has 1 aliphatic heterocycles. The maximum atomic E-state index is 12.0. The average Bonchev–Trinajstić information content (AvgIpc) is 3.20. The van der Waals surface area contributed by atoms with Crippen LogP contribution in [-0.2, 0) is 6.54 Å². The number of carbonyl (C=O) groups is 1. The Kier molecular flexibility index (Phi) is 3.23. The zero-order valence-corrected chi connectivity index (χ0v) is 12.2. The topological polar surface area (TPSA) is 76.9 Å². The minimum Gasteiger partial charge on any atom is -0.454 e. The molecule has 0 saturated heterocycles. The molecule has 3 aromatic rings. The Balaban J connectivity index is 1.38. The molecular formula is C16H14N4O3. The van der Waals surface area contributed by atoms with E-state index in [2.05, 4.69) is 15.7 Å². The van der Waals surface area contributed by atoms with Crippen molar-refractivity contribution in [2.75, 3.05) is 12.1 Å². The number of nitrogens with one attached hydrogen (secondary N) is 2. The summed E-state index contributed by atoms with van der Waals surface area (Å²) in [6, 6.07) is 10.8. The van der Waals surface area contributed by atoms with Crippen LogP contribution in [-0.4, -0.2) is 22.4 Å². The van der Waals surface area contributed by atoms with Gasteiger partial charge in [0.1, 0.15) is 0 Å². The van der Waals surface area contributed by atoms with E-state index in [1.165, 1.54) is 0 Å². The molecule has 0 aliphatic carbocycles. The molecule has 1 aromatic carbocycles. The quantitative estimate of drug-likeness (QED) is 0.778. The van der Waals surface area contributed by atoms with E-state index in [0.717, 1.165) is 16.8 Å². The Bertz CT molecular complexity index is 875. The third-order valence-electron chi connectivity index (χ3n) is 3.55. The van der Waals surface area contributed by atoms with Gasteiger partial charge in [0, 0.05) is 24.6 Å². The van der Waals surface area contributed by atoms with Crippen molar-refractivity contribution >= 4 is 17.2 Å². The molecule has 0 saturated carbocycles. The van der Waals surface area contributed by atoms with Gasteiger partial charge in [0.2, 0.25) is 6.79 Å². The lowest BCUT2D eigenvalue weighted by Crippen LogP contribution is -2.28. The second-order valence-corrected chi connectivity index (χ2v) is 5.11. The van der Waals surface area contributed by atoms with Crippen LogP contribution in [0.5, 0.6) is 11.5 Å². The number of ether oxygens (including phenoxy) is 2.